The molecule has 4 heteroatoms. The molecule has 0 fully saturated rings. The molecule has 0 saturated heterocycles. The van der Waals surface area contributed by atoms with Crippen LogP contribution >= 0.6 is 0 Å². The number of para-hydroxylation sites is 1. The number of hydrogen-bond donors (Lipinski definition) is 0. The van der Waals surface area contributed by atoms with Gasteiger partial charge in [-0.2, -0.15) is 0 Å². The fourth-order valence-electron chi connectivity index (χ4n) is 2.82. The van der Waals surface area contributed by atoms with Gasteiger partial charge < -0.3 is 14.0 Å². The Labute approximate surface area is 142 Å². The Bertz CT molecular complexity index is 838. The molecule has 24 heavy (non-hydrogen) atoms. The van der Waals surface area contributed by atoms with Crippen LogP contribution in [-0.2, 0) is 6.54 Å². The van der Waals surface area contributed by atoms with Crippen LogP contribution in [0.2, 0.25) is 0 Å². The van der Waals surface area contributed by atoms with Crippen LogP contribution in [0.5, 0.6) is 11.5 Å². The molecule has 1 heterocycles. The van der Waals surface area contributed by atoms with E-state index in [1.54, 1.807) is 14.2 Å². The number of rotatable bonds is 6. The second kappa shape index (κ2) is 7.04. The fourth-order valence-corrected chi connectivity index (χ4v) is 2.82. The maximum Gasteiger partial charge on any atom is 0.170 e. The molecule has 0 N–H and O–H groups in total. The standard InChI is InChI=1S/C20H20N2O2/c1-4-13-22-14-21-18(15-9-6-5-7-10-15)19(22)16-11-8-12-17(23-2)20(16)24-3/h4-12,14H,1,13H2,2-3H3. The zero-order valence-corrected chi connectivity index (χ0v) is 13.9. The minimum Gasteiger partial charge on any atom is -0.493 e. The van der Waals surface area contributed by atoms with E-state index in [0.29, 0.717) is 18.0 Å². The molecular weight excluding hydrogens is 300 g/mol. The number of ether oxygens (including phenoxy) is 2. The van der Waals surface area contributed by atoms with Crippen LogP contribution in [0.3, 0.4) is 0 Å². The van der Waals surface area contributed by atoms with Gasteiger partial charge in [-0.15, -0.1) is 6.58 Å². The molecule has 0 saturated carbocycles. The van der Waals surface area contributed by atoms with Crippen molar-refractivity contribution in [3.8, 4) is 34.0 Å². The summed E-state index contributed by atoms with van der Waals surface area (Å²) >= 11 is 0. The van der Waals surface area contributed by atoms with E-state index in [9.17, 15) is 0 Å². The van der Waals surface area contributed by atoms with Crippen LogP contribution in [-0.4, -0.2) is 23.8 Å². The van der Waals surface area contributed by atoms with Crippen LogP contribution in [0.4, 0.5) is 0 Å². The van der Waals surface area contributed by atoms with Crippen LogP contribution in [0.15, 0.2) is 67.5 Å². The van der Waals surface area contributed by atoms with Gasteiger partial charge >= 0.3 is 0 Å². The molecule has 1 aromatic heterocycles. The number of aromatic nitrogens is 2. The van der Waals surface area contributed by atoms with E-state index in [0.717, 1.165) is 22.5 Å². The van der Waals surface area contributed by atoms with E-state index in [1.165, 1.54) is 0 Å². The van der Waals surface area contributed by atoms with Crippen molar-refractivity contribution in [3.05, 3.63) is 67.5 Å². The number of nitrogens with zero attached hydrogens (tertiary/aromatic N) is 2. The third kappa shape index (κ3) is 2.78. The third-order valence-electron chi connectivity index (χ3n) is 3.87. The summed E-state index contributed by atoms with van der Waals surface area (Å²) in [4.78, 5) is 4.63. The van der Waals surface area contributed by atoms with Crippen LogP contribution in [0.1, 0.15) is 0 Å². The third-order valence-corrected chi connectivity index (χ3v) is 3.87. The number of methoxy groups -OCH3 is 2. The van der Waals surface area contributed by atoms with Crippen molar-refractivity contribution < 1.29 is 9.47 Å². The summed E-state index contributed by atoms with van der Waals surface area (Å²) in [5, 5.41) is 0. The van der Waals surface area contributed by atoms with Crippen LogP contribution in [0.25, 0.3) is 22.5 Å². The van der Waals surface area contributed by atoms with Gasteiger partial charge in [-0.25, -0.2) is 4.98 Å². The van der Waals surface area contributed by atoms with Crippen molar-refractivity contribution in [2.24, 2.45) is 0 Å². The zero-order valence-electron chi connectivity index (χ0n) is 13.9. The SMILES string of the molecule is C=CCn1cnc(-c2ccccc2)c1-c1cccc(OC)c1OC. The Kier molecular flexibility index (Phi) is 4.66. The lowest BCUT2D eigenvalue weighted by atomic mass is 10.0. The van der Waals surface area contributed by atoms with Crippen molar-refractivity contribution >= 4 is 0 Å². The Hall–Kier alpha value is -3.01. The summed E-state index contributed by atoms with van der Waals surface area (Å²) in [6.45, 7) is 4.51. The first-order valence-electron chi connectivity index (χ1n) is 7.73. The Morgan fingerprint density at radius 1 is 1.04 bits per heavy atom. The van der Waals surface area contributed by atoms with Crippen molar-refractivity contribution in [2.75, 3.05) is 14.2 Å². The van der Waals surface area contributed by atoms with E-state index in [2.05, 4.69) is 28.3 Å². The summed E-state index contributed by atoms with van der Waals surface area (Å²) in [6.07, 6.45) is 3.69. The molecule has 0 atom stereocenters. The normalized spacial score (nSPS) is 10.4. The Morgan fingerprint density at radius 2 is 1.83 bits per heavy atom. The van der Waals surface area contributed by atoms with Crippen LogP contribution < -0.4 is 9.47 Å². The van der Waals surface area contributed by atoms with Gasteiger partial charge in [-0.05, 0) is 12.1 Å². The lowest BCUT2D eigenvalue weighted by Gasteiger charge is -2.15. The molecule has 0 unspecified atom stereocenters. The molecule has 3 rings (SSSR count). The summed E-state index contributed by atoms with van der Waals surface area (Å²) in [6, 6.07) is 16.0. The lowest BCUT2D eigenvalue weighted by molar-refractivity contribution is 0.356. The van der Waals surface area contributed by atoms with Gasteiger partial charge in [-0.1, -0.05) is 42.5 Å². The summed E-state index contributed by atoms with van der Waals surface area (Å²) in [5.41, 5.74) is 3.89. The number of hydrogen-bond acceptors (Lipinski definition) is 3. The lowest BCUT2D eigenvalue weighted by Crippen LogP contribution is -2.00. The molecule has 0 radical (unpaired) electrons. The smallest absolute Gasteiger partial charge is 0.170 e. The summed E-state index contributed by atoms with van der Waals surface area (Å²) in [7, 11) is 3.29. The van der Waals surface area contributed by atoms with E-state index >= 15 is 0 Å². The first-order chi connectivity index (χ1) is 11.8. The minimum atomic E-state index is 0.662. The average molecular weight is 320 g/mol. The van der Waals surface area contributed by atoms with E-state index < -0.39 is 0 Å². The maximum absolute atomic E-state index is 5.62. The molecule has 0 aliphatic carbocycles. The van der Waals surface area contributed by atoms with Gasteiger partial charge in [0.2, 0.25) is 0 Å². The van der Waals surface area contributed by atoms with Crippen molar-refractivity contribution in [1.82, 2.24) is 9.55 Å². The van der Waals surface area contributed by atoms with E-state index in [4.69, 9.17) is 9.47 Å². The molecule has 0 spiro atoms. The largest absolute Gasteiger partial charge is 0.493 e. The van der Waals surface area contributed by atoms with Gasteiger partial charge in [0.1, 0.15) is 0 Å². The molecule has 0 aliphatic heterocycles. The highest BCUT2D eigenvalue weighted by Crippen LogP contribution is 2.41. The van der Waals surface area contributed by atoms with Gasteiger partial charge in [0.25, 0.3) is 0 Å². The highest BCUT2D eigenvalue weighted by atomic mass is 16.5. The Balaban J connectivity index is 2.27. The van der Waals surface area contributed by atoms with Gasteiger partial charge in [0.05, 0.1) is 31.9 Å². The zero-order chi connectivity index (χ0) is 16.9. The molecule has 2 aromatic carbocycles. The average Bonchev–Trinajstić information content (AvgIpc) is 3.05. The van der Waals surface area contributed by atoms with E-state index in [1.807, 2.05) is 48.8 Å². The monoisotopic (exact) mass is 320 g/mol. The molecular formula is C20H20N2O2. The van der Waals surface area contributed by atoms with Crippen molar-refractivity contribution in [1.29, 1.82) is 0 Å². The topological polar surface area (TPSA) is 36.3 Å². The number of benzene rings is 2. The molecule has 0 amide bonds. The van der Waals surface area contributed by atoms with Gasteiger partial charge in [0, 0.05) is 17.7 Å². The quantitative estimate of drug-likeness (QED) is 0.631. The number of allylic oxidation sites excluding steroid dienone is 1. The predicted molar refractivity (Wildman–Crippen MR) is 96.4 cm³/mol. The molecule has 0 aliphatic rings. The minimum absolute atomic E-state index is 0.662. The van der Waals surface area contributed by atoms with Crippen molar-refractivity contribution in [2.45, 2.75) is 6.54 Å². The van der Waals surface area contributed by atoms with E-state index in [-0.39, 0.29) is 0 Å². The van der Waals surface area contributed by atoms with Crippen LogP contribution in [0, 0.1) is 0 Å². The van der Waals surface area contributed by atoms with Gasteiger partial charge in [-0.3, -0.25) is 0 Å². The fraction of sp³-hybridized carbons (Fsp3) is 0.150. The molecule has 0 bridgehead atoms. The Morgan fingerprint density at radius 3 is 2.50 bits per heavy atom. The maximum atomic E-state index is 5.62. The highest BCUT2D eigenvalue weighted by Gasteiger charge is 2.20. The first-order valence-corrected chi connectivity index (χ1v) is 7.73. The second-order valence-electron chi connectivity index (χ2n) is 5.29. The molecule has 122 valence electrons. The second-order valence-corrected chi connectivity index (χ2v) is 5.29. The number of imidazole rings is 1. The summed E-state index contributed by atoms with van der Waals surface area (Å²) in [5.74, 6) is 1.39. The van der Waals surface area contributed by atoms with Crippen molar-refractivity contribution in [3.63, 3.8) is 0 Å². The molecule has 3 aromatic rings. The first kappa shape index (κ1) is 15.9. The summed E-state index contributed by atoms with van der Waals surface area (Å²) < 4.78 is 13.1. The molecule has 4 nitrogen and oxygen atoms in total. The van der Waals surface area contributed by atoms with Gasteiger partial charge in [0.15, 0.2) is 11.5 Å². The highest BCUT2D eigenvalue weighted by molar-refractivity contribution is 5.83. The predicted octanol–water partition coefficient (Wildman–Crippen LogP) is 4.42.